The summed E-state index contributed by atoms with van der Waals surface area (Å²) < 4.78 is 28.9. The molecule has 158 valence electrons. The van der Waals surface area contributed by atoms with E-state index in [-0.39, 0.29) is 17.9 Å². The summed E-state index contributed by atoms with van der Waals surface area (Å²) >= 11 is 0. The Morgan fingerprint density at radius 1 is 1.17 bits per heavy atom. The number of nitrogens with zero attached hydrogens (tertiary/aromatic N) is 3. The molecule has 1 fully saturated rings. The molecule has 1 amide bonds. The summed E-state index contributed by atoms with van der Waals surface area (Å²) in [5.74, 6) is 0.00916. The van der Waals surface area contributed by atoms with Crippen LogP contribution in [0.3, 0.4) is 0 Å². The molecule has 1 aliphatic heterocycles. The van der Waals surface area contributed by atoms with Gasteiger partial charge in [-0.05, 0) is 37.8 Å². The van der Waals surface area contributed by atoms with Gasteiger partial charge in [-0.3, -0.25) is 4.79 Å². The van der Waals surface area contributed by atoms with Crippen LogP contribution in [0.5, 0.6) is 0 Å². The molecule has 1 aromatic heterocycles. The van der Waals surface area contributed by atoms with Crippen LogP contribution in [0.25, 0.3) is 0 Å². The van der Waals surface area contributed by atoms with Crippen molar-refractivity contribution in [3.05, 3.63) is 54.4 Å². The number of amides is 1. The maximum atomic E-state index is 13.3. The number of aromatic nitrogens is 1. The zero-order chi connectivity index (χ0) is 21.0. The molecule has 29 heavy (non-hydrogen) atoms. The Labute approximate surface area is 174 Å². The lowest BCUT2D eigenvalue weighted by atomic mass is 9.95. The van der Waals surface area contributed by atoms with E-state index in [1.165, 1.54) is 4.31 Å². The number of sulfonamides is 1. The Hall–Kier alpha value is -2.12. The predicted octanol–water partition coefficient (Wildman–Crippen LogP) is 3.25. The maximum Gasteiger partial charge on any atom is 0.244 e. The van der Waals surface area contributed by atoms with E-state index in [0.717, 1.165) is 12.0 Å². The molecule has 1 aromatic carbocycles. The molecule has 1 aliphatic rings. The standard InChI is InChI=1S/C22H31N3O3S/c1-4-18(2)25(16-19-8-6-5-7-9-19)22(26)20-10-14-24(15-11-20)29(27,28)21-12-13-23(3)17-21/h5-9,12-13,17-18,20H,4,10-11,14-16H2,1-3H3/t18-/m1/s1. The lowest BCUT2D eigenvalue weighted by molar-refractivity contribution is -0.139. The molecule has 1 atom stereocenters. The summed E-state index contributed by atoms with van der Waals surface area (Å²) in [4.78, 5) is 15.6. The number of benzene rings is 1. The van der Waals surface area contributed by atoms with Crippen molar-refractivity contribution < 1.29 is 13.2 Å². The van der Waals surface area contributed by atoms with Crippen LogP contribution in [-0.2, 0) is 28.4 Å². The van der Waals surface area contributed by atoms with Crippen molar-refractivity contribution in [2.75, 3.05) is 13.1 Å². The molecule has 0 spiro atoms. The summed E-state index contributed by atoms with van der Waals surface area (Å²) in [6, 6.07) is 11.8. The quantitative estimate of drug-likeness (QED) is 0.695. The van der Waals surface area contributed by atoms with Gasteiger partial charge in [-0.15, -0.1) is 0 Å². The first-order valence-electron chi connectivity index (χ1n) is 10.3. The topological polar surface area (TPSA) is 62.6 Å². The minimum Gasteiger partial charge on any atom is -0.356 e. The van der Waals surface area contributed by atoms with Gasteiger partial charge in [0.25, 0.3) is 0 Å². The minimum atomic E-state index is -3.49. The van der Waals surface area contributed by atoms with Crippen molar-refractivity contribution in [3.8, 4) is 0 Å². The second-order valence-electron chi connectivity index (χ2n) is 7.90. The second kappa shape index (κ2) is 9.13. The Morgan fingerprint density at radius 3 is 2.38 bits per heavy atom. The molecule has 7 heteroatoms. The van der Waals surface area contributed by atoms with Crippen molar-refractivity contribution in [2.45, 2.75) is 50.6 Å². The monoisotopic (exact) mass is 417 g/mol. The van der Waals surface area contributed by atoms with E-state index in [1.54, 1.807) is 30.1 Å². The lowest BCUT2D eigenvalue weighted by Crippen LogP contribution is -2.46. The molecule has 0 bridgehead atoms. The molecule has 0 N–H and O–H groups in total. The van der Waals surface area contributed by atoms with Crippen LogP contribution in [0.15, 0.2) is 53.7 Å². The summed E-state index contributed by atoms with van der Waals surface area (Å²) in [5, 5.41) is 0. The fraction of sp³-hybridized carbons (Fsp3) is 0.500. The van der Waals surface area contributed by atoms with E-state index in [2.05, 4.69) is 13.8 Å². The van der Waals surface area contributed by atoms with E-state index in [1.807, 2.05) is 35.2 Å². The van der Waals surface area contributed by atoms with Gasteiger partial charge >= 0.3 is 0 Å². The first kappa shape index (κ1) is 21.6. The number of carbonyl (C=O) groups is 1. The number of hydrogen-bond acceptors (Lipinski definition) is 3. The average molecular weight is 418 g/mol. The smallest absolute Gasteiger partial charge is 0.244 e. The molecule has 2 aromatic rings. The van der Waals surface area contributed by atoms with E-state index in [9.17, 15) is 13.2 Å². The van der Waals surface area contributed by atoms with Crippen LogP contribution < -0.4 is 0 Å². The molecule has 0 aliphatic carbocycles. The molecule has 1 saturated heterocycles. The van der Waals surface area contributed by atoms with Gasteiger partial charge in [0.05, 0.1) is 4.90 Å². The SMILES string of the molecule is CC[C@@H](C)N(Cc1ccccc1)C(=O)C1CCN(S(=O)(=O)c2ccn(C)c2)CC1. The first-order valence-corrected chi connectivity index (χ1v) is 11.7. The van der Waals surface area contributed by atoms with E-state index < -0.39 is 10.0 Å². The van der Waals surface area contributed by atoms with Gasteiger partial charge in [-0.2, -0.15) is 4.31 Å². The van der Waals surface area contributed by atoms with Crippen LogP contribution >= 0.6 is 0 Å². The highest BCUT2D eigenvalue weighted by Gasteiger charge is 2.35. The van der Waals surface area contributed by atoms with Gasteiger partial charge in [-0.1, -0.05) is 37.3 Å². The van der Waals surface area contributed by atoms with Gasteiger partial charge in [0.2, 0.25) is 15.9 Å². The lowest BCUT2D eigenvalue weighted by Gasteiger charge is -2.36. The minimum absolute atomic E-state index is 0.130. The molecular weight excluding hydrogens is 386 g/mol. The van der Waals surface area contributed by atoms with Crippen molar-refractivity contribution in [3.63, 3.8) is 0 Å². The van der Waals surface area contributed by atoms with Crippen LogP contribution in [-0.4, -0.2) is 47.2 Å². The molecular formula is C22H31N3O3S. The maximum absolute atomic E-state index is 13.3. The molecule has 6 nitrogen and oxygen atoms in total. The Morgan fingerprint density at radius 2 is 1.83 bits per heavy atom. The zero-order valence-electron chi connectivity index (χ0n) is 17.5. The third-order valence-corrected chi connectivity index (χ3v) is 7.73. The molecule has 0 unspecified atom stereocenters. The zero-order valence-corrected chi connectivity index (χ0v) is 18.3. The molecule has 3 rings (SSSR count). The average Bonchev–Trinajstić information content (AvgIpc) is 3.19. The molecule has 0 radical (unpaired) electrons. The second-order valence-corrected chi connectivity index (χ2v) is 9.84. The summed E-state index contributed by atoms with van der Waals surface area (Å²) in [5.41, 5.74) is 1.12. The van der Waals surface area contributed by atoms with Gasteiger partial charge in [-0.25, -0.2) is 8.42 Å². The van der Waals surface area contributed by atoms with Crippen LogP contribution in [0, 0.1) is 5.92 Å². The fourth-order valence-electron chi connectivity index (χ4n) is 3.81. The Bertz CT molecular complexity index is 916. The summed E-state index contributed by atoms with van der Waals surface area (Å²) in [6.07, 6.45) is 5.37. The Kier molecular flexibility index (Phi) is 6.80. The van der Waals surface area contributed by atoms with E-state index in [0.29, 0.717) is 37.4 Å². The van der Waals surface area contributed by atoms with Gasteiger partial charge in [0.1, 0.15) is 0 Å². The first-order chi connectivity index (χ1) is 13.8. The fourth-order valence-corrected chi connectivity index (χ4v) is 5.33. The highest BCUT2D eigenvalue weighted by molar-refractivity contribution is 7.89. The third kappa shape index (κ3) is 4.90. The number of aryl methyl sites for hydroxylation is 1. The summed E-state index contributed by atoms with van der Waals surface area (Å²) in [7, 11) is -1.69. The Balaban J connectivity index is 1.67. The highest BCUT2D eigenvalue weighted by atomic mass is 32.2. The van der Waals surface area contributed by atoms with Gasteiger partial charge < -0.3 is 9.47 Å². The van der Waals surface area contributed by atoms with Crippen molar-refractivity contribution >= 4 is 15.9 Å². The highest BCUT2D eigenvalue weighted by Crippen LogP contribution is 2.26. The van der Waals surface area contributed by atoms with Crippen LogP contribution in [0.2, 0.25) is 0 Å². The number of hydrogen-bond donors (Lipinski definition) is 0. The molecule has 2 heterocycles. The van der Waals surface area contributed by atoms with E-state index in [4.69, 9.17) is 0 Å². The van der Waals surface area contributed by atoms with Crippen LogP contribution in [0.4, 0.5) is 0 Å². The van der Waals surface area contributed by atoms with Crippen molar-refractivity contribution in [1.29, 1.82) is 0 Å². The number of carbonyl (C=O) groups excluding carboxylic acids is 1. The predicted molar refractivity (Wildman–Crippen MR) is 114 cm³/mol. The molecule has 0 saturated carbocycles. The summed E-state index contributed by atoms with van der Waals surface area (Å²) in [6.45, 7) is 5.53. The van der Waals surface area contributed by atoms with Gasteiger partial charge in [0.15, 0.2) is 0 Å². The van der Waals surface area contributed by atoms with E-state index >= 15 is 0 Å². The van der Waals surface area contributed by atoms with Gasteiger partial charge in [0, 0.05) is 51.0 Å². The van der Waals surface area contributed by atoms with Crippen molar-refractivity contribution in [1.82, 2.24) is 13.8 Å². The third-order valence-electron chi connectivity index (χ3n) is 5.85. The normalized spacial score (nSPS) is 17.2. The van der Waals surface area contributed by atoms with Crippen LogP contribution in [0.1, 0.15) is 38.7 Å². The largest absolute Gasteiger partial charge is 0.356 e. The van der Waals surface area contributed by atoms with Crippen molar-refractivity contribution in [2.24, 2.45) is 13.0 Å². The number of piperidine rings is 1. The number of rotatable bonds is 7.